The molecule has 0 unspecified atom stereocenters. The van der Waals surface area contributed by atoms with Crippen molar-refractivity contribution in [2.45, 2.75) is 40.0 Å². The second kappa shape index (κ2) is 9.65. The van der Waals surface area contributed by atoms with Gasteiger partial charge in [-0.1, -0.05) is 0 Å². The Morgan fingerprint density at radius 1 is 1.03 bits per heavy atom. The molecule has 4 heterocycles. The molecule has 2 N–H and O–H groups in total. The third-order valence-corrected chi connectivity index (χ3v) is 6.02. The van der Waals surface area contributed by atoms with Gasteiger partial charge in [0.15, 0.2) is 0 Å². The fourth-order valence-corrected chi connectivity index (χ4v) is 4.29. The van der Waals surface area contributed by atoms with Crippen LogP contribution in [0.25, 0.3) is 22.2 Å². The van der Waals surface area contributed by atoms with Crippen LogP contribution in [0.3, 0.4) is 0 Å². The number of aromatic nitrogens is 6. The summed E-state index contributed by atoms with van der Waals surface area (Å²) < 4.78 is 5.58. The number of ether oxygens (including phenoxy) is 1. The third-order valence-electron chi connectivity index (χ3n) is 6.02. The van der Waals surface area contributed by atoms with Gasteiger partial charge in [-0.3, -0.25) is 15.1 Å². The lowest BCUT2D eigenvalue weighted by molar-refractivity contribution is 0.340. The van der Waals surface area contributed by atoms with Gasteiger partial charge in [-0.05, 0) is 58.2 Å². The van der Waals surface area contributed by atoms with E-state index in [1.54, 1.807) is 6.20 Å². The van der Waals surface area contributed by atoms with Crippen molar-refractivity contribution < 1.29 is 4.74 Å². The molecule has 180 valence electrons. The molecule has 1 aliphatic rings. The van der Waals surface area contributed by atoms with E-state index in [0.717, 1.165) is 59.9 Å². The number of benzene rings is 1. The summed E-state index contributed by atoms with van der Waals surface area (Å²) in [6, 6.07) is 7.13. The number of aromatic amines is 1. The maximum atomic E-state index is 12.4. The fraction of sp³-hybridized carbons (Fsp3) is 0.360. The number of nitrogens with one attached hydrogen (secondary N) is 2. The zero-order valence-corrected chi connectivity index (χ0v) is 20.1. The Bertz CT molecular complexity index is 1430. The van der Waals surface area contributed by atoms with Crippen molar-refractivity contribution in [2.24, 2.45) is 0 Å². The first-order chi connectivity index (χ1) is 17.0. The maximum Gasteiger partial charge on any atom is 0.252 e. The zero-order chi connectivity index (χ0) is 24.4. The van der Waals surface area contributed by atoms with Crippen molar-refractivity contribution in [1.82, 2.24) is 29.9 Å². The molecule has 0 amide bonds. The van der Waals surface area contributed by atoms with E-state index in [1.165, 1.54) is 12.5 Å². The third kappa shape index (κ3) is 4.91. The van der Waals surface area contributed by atoms with Crippen LogP contribution in [-0.4, -0.2) is 49.6 Å². The Morgan fingerprint density at radius 3 is 2.63 bits per heavy atom. The lowest BCUT2D eigenvalue weighted by Crippen LogP contribution is -2.31. The van der Waals surface area contributed by atoms with Gasteiger partial charge in [0.05, 0.1) is 29.2 Å². The predicted molar refractivity (Wildman–Crippen MR) is 135 cm³/mol. The minimum Gasteiger partial charge on any atom is -0.494 e. The summed E-state index contributed by atoms with van der Waals surface area (Å²) in [5, 5.41) is 3.94. The van der Waals surface area contributed by atoms with Crippen LogP contribution in [0.4, 0.5) is 17.8 Å². The Balaban J connectivity index is 1.43. The van der Waals surface area contributed by atoms with E-state index in [1.807, 2.05) is 39.0 Å². The molecule has 0 spiro atoms. The number of anilines is 3. The van der Waals surface area contributed by atoms with Gasteiger partial charge in [0.2, 0.25) is 17.8 Å². The van der Waals surface area contributed by atoms with Crippen molar-refractivity contribution in [1.29, 1.82) is 0 Å². The molecule has 0 atom stereocenters. The Morgan fingerprint density at radius 2 is 1.86 bits per heavy atom. The van der Waals surface area contributed by atoms with Crippen LogP contribution in [0.1, 0.15) is 37.6 Å². The number of piperidine rings is 1. The van der Waals surface area contributed by atoms with Crippen molar-refractivity contribution in [3.63, 3.8) is 0 Å². The van der Waals surface area contributed by atoms with Gasteiger partial charge in [-0.15, -0.1) is 0 Å². The van der Waals surface area contributed by atoms with E-state index in [9.17, 15) is 4.79 Å². The summed E-state index contributed by atoms with van der Waals surface area (Å²) in [7, 11) is 0. The van der Waals surface area contributed by atoms with Crippen LogP contribution in [0.15, 0.2) is 35.3 Å². The number of nitrogens with zero attached hydrogens (tertiary/aromatic N) is 6. The molecule has 0 bridgehead atoms. The Kier molecular flexibility index (Phi) is 6.26. The number of hydrogen-bond donors (Lipinski definition) is 2. The van der Waals surface area contributed by atoms with E-state index < -0.39 is 0 Å². The molecule has 0 aliphatic carbocycles. The van der Waals surface area contributed by atoms with Crippen molar-refractivity contribution in [3.8, 4) is 17.0 Å². The average Bonchev–Trinajstić information content (AvgIpc) is 2.85. The van der Waals surface area contributed by atoms with Crippen LogP contribution in [0.5, 0.6) is 5.75 Å². The molecule has 35 heavy (non-hydrogen) atoms. The first-order valence-corrected chi connectivity index (χ1v) is 11.9. The highest BCUT2D eigenvalue weighted by Crippen LogP contribution is 2.25. The molecule has 4 aromatic rings. The van der Waals surface area contributed by atoms with Gasteiger partial charge in [0, 0.05) is 36.3 Å². The van der Waals surface area contributed by atoms with Gasteiger partial charge < -0.3 is 9.64 Å². The lowest BCUT2D eigenvalue weighted by atomic mass is 10.1. The highest BCUT2D eigenvalue weighted by Gasteiger charge is 2.16. The van der Waals surface area contributed by atoms with Crippen LogP contribution in [-0.2, 0) is 0 Å². The SMILES string of the molecule is CCOc1ccc2nc(Nc3nc(-c4cnc(N5CCCCC5)nc4C)cc(=O)[nH]3)nc(C)c2c1. The van der Waals surface area contributed by atoms with E-state index in [2.05, 4.69) is 40.1 Å². The van der Waals surface area contributed by atoms with E-state index in [4.69, 9.17) is 4.74 Å². The van der Waals surface area contributed by atoms with Gasteiger partial charge in [0.25, 0.3) is 5.56 Å². The first kappa shape index (κ1) is 22.7. The Labute approximate surface area is 202 Å². The van der Waals surface area contributed by atoms with Crippen LogP contribution in [0, 0.1) is 13.8 Å². The molecule has 0 saturated carbocycles. The molecule has 1 saturated heterocycles. The number of hydrogen-bond acceptors (Lipinski definition) is 9. The summed E-state index contributed by atoms with van der Waals surface area (Å²) in [5.74, 6) is 2.08. The van der Waals surface area contributed by atoms with Crippen molar-refractivity contribution in [3.05, 3.63) is 52.2 Å². The minimum absolute atomic E-state index is 0.247. The summed E-state index contributed by atoms with van der Waals surface area (Å²) in [4.78, 5) is 40.3. The van der Waals surface area contributed by atoms with Crippen molar-refractivity contribution in [2.75, 3.05) is 29.9 Å². The van der Waals surface area contributed by atoms with E-state index in [-0.39, 0.29) is 11.5 Å². The maximum absolute atomic E-state index is 12.4. The standard InChI is InChI=1S/C25H28N8O2/c1-4-35-17-8-9-20-18(12-17)15(2)27-23(29-20)32-24-30-21(13-22(34)31-24)19-14-26-25(28-16(19)3)33-10-6-5-7-11-33/h8-9,12-14H,4-7,10-11H2,1-3H3,(H2,27,29,30,31,32,34). The normalized spacial score (nSPS) is 13.7. The van der Waals surface area contributed by atoms with Gasteiger partial charge in [0.1, 0.15) is 5.75 Å². The second-order valence-corrected chi connectivity index (χ2v) is 8.57. The van der Waals surface area contributed by atoms with Gasteiger partial charge in [-0.25, -0.2) is 24.9 Å². The van der Waals surface area contributed by atoms with Crippen LogP contribution >= 0.6 is 0 Å². The van der Waals surface area contributed by atoms with Gasteiger partial charge in [-0.2, -0.15) is 0 Å². The monoisotopic (exact) mass is 472 g/mol. The molecule has 5 rings (SSSR count). The summed E-state index contributed by atoms with van der Waals surface area (Å²) in [6.07, 6.45) is 5.29. The predicted octanol–water partition coefficient (Wildman–Crippen LogP) is 3.92. The molecule has 10 nitrogen and oxygen atoms in total. The van der Waals surface area contributed by atoms with Crippen molar-refractivity contribution >= 4 is 28.7 Å². The zero-order valence-electron chi connectivity index (χ0n) is 20.1. The molecule has 1 aliphatic heterocycles. The summed E-state index contributed by atoms with van der Waals surface area (Å²) in [5.41, 5.74) is 3.22. The highest BCUT2D eigenvalue weighted by atomic mass is 16.5. The largest absolute Gasteiger partial charge is 0.494 e. The molecular formula is C25H28N8O2. The Hall–Kier alpha value is -4.08. The van der Waals surface area contributed by atoms with Gasteiger partial charge >= 0.3 is 0 Å². The second-order valence-electron chi connectivity index (χ2n) is 8.57. The molecule has 10 heteroatoms. The number of fused-ring (bicyclic) bond motifs is 1. The minimum atomic E-state index is -0.295. The molecule has 1 aromatic carbocycles. The van der Waals surface area contributed by atoms with E-state index in [0.29, 0.717) is 23.8 Å². The molecular weight excluding hydrogens is 444 g/mol. The lowest BCUT2D eigenvalue weighted by Gasteiger charge is -2.26. The highest BCUT2D eigenvalue weighted by molar-refractivity contribution is 5.83. The summed E-state index contributed by atoms with van der Waals surface area (Å²) >= 11 is 0. The molecule has 3 aromatic heterocycles. The molecule has 0 radical (unpaired) electrons. The number of rotatable bonds is 6. The quantitative estimate of drug-likeness (QED) is 0.430. The first-order valence-electron chi connectivity index (χ1n) is 11.9. The van der Waals surface area contributed by atoms with E-state index >= 15 is 0 Å². The van der Waals surface area contributed by atoms with Crippen LogP contribution < -0.4 is 20.5 Å². The topological polar surface area (TPSA) is 122 Å². The smallest absolute Gasteiger partial charge is 0.252 e. The number of aryl methyl sites for hydroxylation is 2. The number of H-pyrrole nitrogens is 1. The molecule has 1 fully saturated rings. The average molecular weight is 473 g/mol. The summed E-state index contributed by atoms with van der Waals surface area (Å²) in [6.45, 7) is 8.28. The fourth-order valence-electron chi connectivity index (χ4n) is 4.29. The van der Waals surface area contributed by atoms with Crippen LogP contribution in [0.2, 0.25) is 0 Å².